The minimum absolute atomic E-state index is 0.0157. The molecule has 3 rings (SSSR count). The number of nitrogens with zero attached hydrogens (tertiary/aromatic N) is 2. The van der Waals surface area contributed by atoms with Crippen molar-refractivity contribution in [1.82, 2.24) is 9.88 Å². The zero-order valence-corrected chi connectivity index (χ0v) is 28.2. The predicted molar refractivity (Wildman–Crippen MR) is 175 cm³/mol. The third kappa shape index (κ3) is 10.1. The maximum Gasteiger partial charge on any atom is 0.410 e. The molecule has 0 aliphatic heterocycles. The van der Waals surface area contributed by atoms with E-state index in [4.69, 9.17) is 20.8 Å². The van der Waals surface area contributed by atoms with Crippen LogP contribution in [0.2, 0.25) is 23.2 Å². The van der Waals surface area contributed by atoms with Gasteiger partial charge >= 0.3 is 12.1 Å². The van der Waals surface area contributed by atoms with Crippen LogP contribution in [0.15, 0.2) is 66.7 Å². The van der Waals surface area contributed by atoms with Crippen LogP contribution in [0, 0.1) is 0 Å². The lowest BCUT2D eigenvalue weighted by Crippen LogP contribution is -2.46. The second kappa shape index (κ2) is 13.9. The van der Waals surface area contributed by atoms with Gasteiger partial charge in [-0.05, 0) is 80.9 Å². The van der Waals surface area contributed by atoms with E-state index in [-0.39, 0.29) is 17.3 Å². The van der Waals surface area contributed by atoms with E-state index < -0.39 is 32.1 Å². The Kier molecular flexibility index (Phi) is 11.0. The Hall–Kier alpha value is -3.40. The van der Waals surface area contributed by atoms with Gasteiger partial charge in [-0.15, -0.1) is 0 Å². The molecule has 1 aromatic heterocycles. The minimum atomic E-state index is -2.23. The number of nitrogens with one attached hydrogen (secondary N) is 1. The third-order valence-electron chi connectivity index (χ3n) is 7.34. The lowest BCUT2D eigenvalue weighted by molar-refractivity contribution is 0.0165. The van der Waals surface area contributed by atoms with Crippen molar-refractivity contribution >= 4 is 37.7 Å². The fourth-order valence-corrected chi connectivity index (χ4v) is 5.55. The van der Waals surface area contributed by atoms with Crippen LogP contribution in [0.3, 0.4) is 0 Å². The molecule has 2 aromatic carbocycles. The van der Waals surface area contributed by atoms with Crippen LogP contribution in [-0.2, 0) is 9.16 Å². The summed E-state index contributed by atoms with van der Waals surface area (Å²) in [5.41, 5.74) is 2.38. The molecule has 1 amide bonds. The monoisotopic (exact) mass is 625 g/mol. The van der Waals surface area contributed by atoms with Crippen LogP contribution in [0.1, 0.15) is 63.7 Å². The summed E-state index contributed by atoms with van der Waals surface area (Å²) in [6, 6.07) is 20.1. The molecule has 0 saturated heterocycles. The largest absolute Gasteiger partial charge is 0.477 e. The second-order valence-electron chi connectivity index (χ2n) is 13.1. The molecule has 3 aromatic rings. The Bertz CT molecular complexity index is 1420. The first kappa shape index (κ1) is 34.1. The van der Waals surface area contributed by atoms with Crippen molar-refractivity contribution in [3.05, 3.63) is 83.0 Å². The fourth-order valence-electron chi connectivity index (χ4n) is 4.07. The van der Waals surface area contributed by atoms with Gasteiger partial charge in [0.05, 0.1) is 18.3 Å². The predicted octanol–water partition coefficient (Wildman–Crippen LogP) is 8.51. The van der Waals surface area contributed by atoms with Crippen molar-refractivity contribution in [2.45, 2.75) is 71.4 Å². The van der Waals surface area contributed by atoms with E-state index >= 15 is 0 Å². The summed E-state index contributed by atoms with van der Waals surface area (Å²) in [5, 5.41) is 13.3. The van der Waals surface area contributed by atoms with E-state index in [1.54, 1.807) is 17.0 Å². The molecule has 8 nitrogen and oxygen atoms in total. The number of aromatic carboxylic acids is 1. The van der Waals surface area contributed by atoms with Gasteiger partial charge in [0.1, 0.15) is 11.3 Å². The van der Waals surface area contributed by atoms with Gasteiger partial charge in [-0.25, -0.2) is 14.6 Å². The number of carbonyl (C=O) groups excluding carboxylic acids is 1. The summed E-state index contributed by atoms with van der Waals surface area (Å²) in [4.78, 5) is 30.8. The van der Waals surface area contributed by atoms with Crippen molar-refractivity contribution in [2.75, 3.05) is 25.0 Å². The molecule has 0 bridgehead atoms. The average Bonchev–Trinajstić information content (AvgIpc) is 2.90. The van der Waals surface area contributed by atoms with E-state index in [1.807, 2.05) is 69.3 Å². The van der Waals surface area contributed by atoms with E-state index in [0.717, 1.165) is 16.8 Å². The number of hydrogen-bond acceptors (Lipinski definition) is 6. The number of halogens is 1. The van der Waals surface area contributed by atoms with Crippen molar-refractivity contribution in [1.29, 1.82) is 0 Å². The number of rotatable bonds is 11. The summed E-state index contributed by atoms with van der Waals surface area (Å²) in [6.07, 6.45) is -0.827. The highest BCUT2D eigenvalue weighted by molar-refractivity contribution is 6.74. The normalized spacial score (nSPS) is 12.9. The van der Waals surface area contributed by atoms with Gasteiger partial charge in [-0.2, -0.15) is 0 Å². The summed E-state index contributed by atoms with van der Waals surface area (Å²) < 4.78 is 12.7. The Balaban J connectivity index is 1.84. The van der Waals surface area contributed by atoms with Gasteiger partial charge in [0.15, 0.2) is 8.32 Å². The average molecular weight is 626 g/mol. The first-order valence-corrected chi connectivity index (χ1v) is 17.7. The molecule has 2 N–H and O–H groups in total. The summed E-state index contributed by atoms with van der Waals surface area (Å²) in [5.74, 6) is -1.08. The van der Waals surface area contributed by atoms with Gasteiger partial charge in [-0.3, -0.25) is 0 Å². The van der Waals surface area contributed by atoms with Gasteiger partial charge in [0.2, 0.25) is 0 Å². The van der Waals surface area contributed by atoms with Crippen LogP contribution in [0.5, 0.6) is 0 Å². The second-order valence-corrected chi connectivity index (χ2v) is 18.3. The minimum Gasteiger partial charge on any atom is -0.477 e. The number of carboxylic acid groups (broad SMARTS) is 1. The Morgan fingerprint density at radius 2 is 1.67 bits per heavy atom. The standard InChI is InChI=1S/C33H44ClN3O5Si/c1-32(2,3)41-31(40)37(22-29(24-13-9-14-25(34)20-24)42-43(7,8)33(4,5)6)19-18-35-26-15-10-12-23(21-26)27-16-11-17-28(36-27)30(38)39/h9-17,20-21,29,35H,18-19,22H2,1-8H3,(H,38,39)/t29-/m0/s1. The van der Waals surface area contributed by atoms with Gasteiger partial charge in [0, 0.05) is 29.4 Å². The Morgan fingerprint density at radius 1 is 1.00 bits per heavy atom. The van der Waals surface area contributed by atoms with Crippen molar-refractivity contribution in [3.63, 3.8) is 0 Å². The maximum atomic E-state index is 13.5. The van der Waals surface area contributed by atoms with Gasteiger partial charge < -0.3 is 24.5 Å². The highest BCUT2D eigenvalue weighted by atomic mass is 35.5. The number of amides is 1. The van der Waals surface area contributed by atoms with E-state index in [0.29, 0.717) is 23.8 Å². The zero-order chi connectivity index (χ0) is 32.0. The molecule has 10 heteroatoms. The van der Waals surface area contributed by atoms with Gasteiger partial charge in [0.25, 0.3) is 0 Å². The lowest BCUT2D eigenvalue weighted by atomic mass is 10.1. The SMILES string of the molecule is CC(C)(C)OC(=O)N(CCNc1cccc(-c2cccc(C(=O)O)n2)c1)C[C@H](O[Si](C)(C)C(C)(C)C)c1cccc(Cl)c1. The maximum absolute atomic E-state index is 13.5. The fraction of sp³-hybridized carbons (Fsp3) is 0.424. The van der Waals surface area contributed by atoms with Crippen LogP contribution < -0.4 is 5.32 Å². The van der Waals surface area contributed by atoms with Crippen LogP contribution in [0.25, 0.3) is 11.3 Å². The van der Waals surface area contributed by atoms with Crippen LogP contribution in [-0.4, -0.2) is 60.6 Å². The zero-order valence-electron chi connectivity index (χ0n) is 26.4. The quantitative estimate of drug-likeness (QED) is 0.206. The topological polar surface area (TPSA) is 101 Å². The number of pyridine rings is 1. The first-order valence-electron chi connectivity index (χ1n) is 14.4. The molecule has 0 aliphatic rings. The number of anilines is 1. The number of aromatic nitrogens is 1. The van der Waals surface area contributed by atoms with E-state index in [1.165, 1.54) is 6.07 Å². The first-order chi connectivity index (χ1) is 19.9. The molecule has 1 heterocycles. The number of ether oxygens (including phenoxy) is 1. The molecule has 0 spiro atoms. The van der Waals surface area contributed by atoms with Crippen molar-refractivity contribution < 1.29 is 23.9 Å². The van der Waals surface area contributed by atoms with Crippen LogP contribution >= 0.6 is 11.6 Å². The number of carbonyl (C=O) groups is 2. The van der Waals surface area contributed by atoms with E-state index in [9.17, 15) is 14.7 Å². The molecule has 0 unspecified atom stereocenters. The van der Waals surface area contributed by atoms with Gasteiger partial charge in [-0.1, -0.05) is 62.7 Å². The third-order valence-corrected chi connectivity index (χ3v) is 12.1. The summed E-state index contributed by atoms with van der Waals surface area (Å²) in [7, 11) is -2.23. The van der Waals surface area contributed by atoms with Crippen molar-refractivity contribution in [2.24, 2.45) is 0 Å². The molecule has 43 heavy (non-hydrogen) atoms. The molecule has 0 fully saturated rings. The Labute approximate surface area is 261 Å². The lowest BCUT2D eigenvalue weighted by Gasteiger charge is -2.40. The molecular weight excluding hydrogens is 582 g/mol. The van der Waals surface area contributed by atoms with Crippen LogP contribution in [0.4, 0.5) is 10.5 Å². The molecule has 232 valence electrons. The smallest absolute Gasteiger partial charge is 0.410 e. The molecule has 0 saturated carbocycles. The highest BCUT2D eigenvalue weighted by Gasteiger charge is 2.40. The summed E-state index contributed by atoms with van der Waals surface area (Å²) >= 11 is 6.38. The molecule has 0 aliphatic carbocycles. The van der Waals surface area contributed by atoms with E-state index in [2.05, 4.69) is 44.2 Å². The molecule has 1 atom stereocenters. The summed E-state index contributed by atoms with van der Waals surface area (Å²) in [6.45, 7) is 17.6. The number of benzene rings is 2. The highest BCUT2D eigenvalue weighted by Crippen LogP contribution is 2.40. The Morgan fingerprint density at radius 3 is 2.30 bits per heavy atom. The van der Waals surface area contributed by atoms with Crippen molar-refractivity contribution in [3.8, 4) is 11.3 Å². The number of carboxylic acids is 1. The molecular formula is C33H44ClN3O5Si. The number of hydrogen-bond donors (Lipinski definition) is 2. The molecule has 0 radical (unpaired) electrons.